The molecule has 1 N–H and O–H groups in total. The predicted molar refractivity (Wildman–Crippen MR) is 95.6 cm³/mol. The Hall–Kier alpha value is -2.59. The minimum Gasteiger partial charge on any atom is -0.360 e. The Morgan fingerprint density at radius 1 is 1.08 bits per heavy atom. The molecule has 0 unspecified atom stereocenters. The van der Waals surface area contributed by atoms with E-state index in [4.69, 9.17) is 16.1 Å². The third-order valence-corrected chi connectivity index (χ3v) is 4.31. The van der Waals surface area contributed by atoms with E-state index in [2.05, 4.69) is 10.5 Å². The van der Waals surface area contributed by atoms with Crippen molar-refractivity contribution >= 4 is 23.2 Å². The van der Waals surface area contributed by atoms with Crippen molar-refractivity contribution in [1.29, 1.82) is 0 Å². The van der Waals surface area contributed by atoms with Crippen molar-refractivity contribution in [3.63, 3.8) is 0 Å². The maximum Gasteiger partial charge on any atom is 0.261 e. The lowest BCUT2D eigenvalue weighted by Gasteiger charge is -2.08. The fraction of sp³-hybridized carbons (Fsp3) is 0.158. The number of halogens is 1. The van der Waals surface area contributed by atoms with Crippen LogP contribution in [0.4, 0.5) is 5.69 Å². The average molecular weight is 341 g/mol. The number of hydrogen-bond donors (Lipinski definition) is 1. The molecule has 2 aromatic carbocycles. The molecule has 122 valence electrons. The molecule has 0 saturated carbocycles. The zero-order valence-corrected chi connectivity index (χ0v) is 14.4. The van der Waals surface area contributed by atoms with E-state index < -0.39 is 0 Å². The molecule has 0 radical (unpaired) electrons. The molecule has 0 aliphatic carbocycles. The Labute approximate surface area is 145 Å². The van der Waals surface area contributed by atoms with Crippen molar-refractivity contribution in [3.8, 4) is 11.3 Å². The molecule has 0 spiro atoms. The SMILES string of the molecule is Cc1ccc(NC(=O)c2c(-c3ccccc3Cl)noc2C)cc1C. The van der Waals surface area contributed by atoms with Crippen LogP contribution in [0.15, 0.2) is 47.0 Å². The smallest absolute Gasteiger partial charge is 0.261 e. The van der Waals surface area contributed by atoms with Gasteiger partial charge in [-0.1, -0.05) is 41.0 Å². The highest BCUT2D eigenvalue weighted by Crippen LogP contribution is 2.31. The number of aryl methyl sites for hydroxylation is 3. The van der Waals surface area contributed by atoms with Crippen molar-refractivity contribution in [2.24, 2.45) is 0 Å². The number of benzene rings is 2. The zero-order valence-electron chi connectivity index (χ0n) is 13.7. The van der Waals surface area contributed by atoms with Gasteiger partial charge in [0, 0.05) is 11.3 Å². The molecular formula is C19H17ClN2O2. The molecule has 4 nitrogen and oxygen atoms in total. The lowest BCUT2D eigenvalue weighted by molar-refractivity contribution is 0.102. The van der Waals surface area contributed by atoms with Crippen molar-refractivity contribution in [1.82, 2.24) is 5.16 Å². The summed E-state index contributed by atoms with van der Waals surface area (Å²) in [6, 6.07) is 13.0. The Morgan fingerprint density at radius 2 is 1.83 bits per heavy atom. The van der Waals surface area contributed by atoms with E-state index >= 15 is 0 Å². The monoisotopic (exact) mass is 340 g/mol. The van der Waals surface area contributed by atoms with Crippen LogP contribution < -0.4 is 5.32 Å². The second-order valence-electron chi connectivity index (χ2n) is 5.70. The summed E-state index contributed by atoms with van der Waals surface area (Å²) in [5, 5.41) is 7.44. The third-order valence-electron chi connectivity index (χ3n) is 3.98. The van der Waals surface area contributed by atoms with Crippen LogP contribution in [0.3, 0.4) is 0 Å². The highest BCUT2D eigenvalue weighted by atomic mass is 35.5. The highest BCUT2D eigenvalue weighted by molar-refractivity contribution is 6.33. The van der Waals surface area contributed by atoms with Gasteiger partial charge in [0.2, 0.25) is 0 Å². The van der Waals surface area contributed by atoms with Gasteiger partial charge in [0.15, 0.2) is 0 Å². The number of hydrogen-bond acceptors (Lipinski definition) is 3. The van der Waals surface area contributed by atoms with E-state index in [1.54, 1.807) is 13.0 Å². The fourth-order valence-corrected chi connectivity index (χ4v) is 2.71. The zero-order chi connectivity index (χ0) is 17.3. The molecule has 1 heterocycles. The normalized spacial score (nSPS) is 10.7. The van der Waals surface area contributed by atoms with Crippen LogP contribution in [0.2, 0.25) is 5.02 Å². The summed E-state index contributed by atoms with van der Waals surface area (Å²) in [7, 11) is 0. The molecule has 0 aliphatic heterocycles. The minimum absolute atomic E-state index is 0.271. The van der Waals surface area contributed by atoms with Gasteiger partial charge in [-0.2, -0.15) is 0 Å². The summed E-state index contributed by atoms with van der Waals surface area (Å²) in [6.45, 7) is 5.74. The first kappa shape index (κ1) is 16.3. The summed E-state index contributed by atoms with van der Waals surface area (Å²) in [4.78, 5) is 12.7. The Balaban J connectivity index is 1.97. The van der Waals surface area contributed by atoms with Crippen LogP contribution in [0.1, 0.15) is 27.2 Å². The summed E-state index contributed by atoms with van der Waals surface area (Å²) in [6.07, 6.45) is 0. The maximum absolute atomic E-state index is 12.7. The van der Waals surface area contributed by atoms with Crippen LogP contribution in [0.5, 0.6) is 0 Å². The first-order chi connectivity index (χ1) is 11.5. The Bertz CT molecular complexity index is 915. The molecule has 0 atom stereocenters. The first-order valence-corrected chi connectivity index (χ1v) is 7.95. The minimum atomic E-state index is -0.271. The molecule has 24 heavy (non-hydrogen) atoms. The number of amides is 1. The molecule has 3 rings (SSSR count). The van der Waals surface area contributed by atoms with E-state index in [0.29, 0.717) is 27.6 Å². The van der Waals surface area contributed by atoms with Crippen LogP contribution in [-0.2, 0) is 0 Å². The summed E-state index contributed by atoms with van der Waals surface area (Å²) in [5.41, 5.74) is 4.52. The quantitative estimate of drug-likeness (QED) is 0.715. The predicted octanol–water partition coefficient (Wildman–Crippen LogP) is 5.17. The van der Waals surface area contributed by atoms with Crippen molar-refractivity contribution in [3.05, 3.63) is 69.9 Å². The standard InChI is InChI=1S/C19H17ClN2O2/c1-11-8-9-14(10-12(11)2)21-19(23)17-13(3)24-22-18(17)15-6-4-5-7-16(15)20/h4-10H,1-3H3,(H,21,23). The molecule has 3 aromatic rings. The summed E-state index contributed by atoms with van der Waals surface area (Å²) >= 11 is 6.23. The second kappa shape index (κ2) is 6.49. The number of carbonyl (C=O) groups excluding carboxylic acids is 1. The van der Waals surface area contributed by atoms with Gasteiger partial charge in [0.25, 0.3) is 5.91 Å². The van der Waals surface area contributed by atoms with E-state index in [9.17, 15) is 4.79 Å². The average Bonchev–Trinajstić information content (AvgIpc) is 2.93. The van der Waals surface area contributed by atoms with Gasteiger partial charge in [-0.05, 0) is 50.1 Å². The van der Waals surface area contributed by atoms with Crippen LogP contribution in [0.25, 0.3) is 11.3 Å². The number of anilines is 1. The van der Waals surface area contributed by atoms with Crippen molar-refractivity contribution in [2.75, 3.05) is 5.32 Å². The summed E-state index contributed by atoms with van der Waals surface area (Å²) < 4.78 is 5.24. The largest absolute Gasteiger partial charge is 0.360 e. The molecule has 0 saturated heterocycles. The molecule has 0 fully saturated rings. The van der Waals surface area contributed by atoms with Crippen LogP contribution in [-0.4, -0.2) is 11.1 Å². The lowest BCUT2D eigenvalue weighted by Crippen LogP contribution is -2.13. The molecule has 5 heteroatoms. The van der Waals surface area contributed by atoms with Gasteiger partial charge >= 0.3 is 0 Å². The summed E-state index contributed by atoms with van der Waals surface area (Å²) in [5.74, 6) is 0.179. The number of aromatic nitrogens is 1. The molecule has 0 bridgehead atoms. The number of nitrogens with zero attached hydrogens (tertiary/aromatic N) is 1. The van der Waals surface area contributed by atoms with Gasteiger partial charge in [0.05, 0.1) is 5.02 Å². The molecule has 0 aliphatic rings. The second-order valence-corrected chi connectivity index (χ2v) is 6.10. The van der Waals surface area contributed by atoms with Gasteiger partial charge in [-0.25, -0.2) is 0 Å². The highest BCUT2D eigenvalue weighted by Gasteiger charge is 2.23. The topological polar surface area (TPSA) is 55.1 Å². The maximum atomic E-state index is 12.7. The Morgan fingerprint density at radius 3 is 2.54 bits per heavy atom. The van der Waals surface area contributed by atoms with Gasteiger partial charge in [-0.3, -0.25) is 4.79 Å². The number of nitrogens with one attached hydrogen (secondary N) is 1. The molecule has 1 amide bonds. The number of carbonyl (C=O) groups is 1. The third kappa shape index (κ3) is 3.05. The van der Waals surface area contributed by atoms with E-state index in [1.807, 2.05) is 50.2 Å². The van der Waals surface area contributed by atoms with Crippen molar-refractivity contribution in [2.45, 2.75) is 20.8 Å². The van der Waals surface area contributed by atoms with Gasteiger partial charge < -0.3 is 9.84 Å². The van der Waals surface area contributed by atoms with E-state index in [-0.39, 0.29) is 5.91 Å². The van der Waals surface area contributed by atoms with Crippen LogP contribution >= 0.6 is 11.6 Å². The lowest BCUT2D eigenvalue weighted by atomic mass is 10.0. The van der Waals surface area contributed by atoms with Crippen LogP contribution in [0, 0.1) is 20.8 Å². The fourth-order valence-electron chi connectivity index (χ4n) is 2.49. The Kier molecular flexibility index (Phi) is 4.40. The van der Waals surface area contributed by atoms with E-state index in [0.717, 1.165) is 11.3 Å². The van der Waals surface area contributed by atoms with Crippen molar-refractivity contribution < 1.29 is 9.32 Å². The first-order valence-electron chi connectivity index (χ1n) is 7.57. The van der Waals surface area contributed by atoms with E-state index in [1.165, 1.54) is 5.56 Å². The van der Waals surface area contributed by atoms with Gasteiger partial charge in [-0.15, -0.1) is 0 Å². The number of rotatable bonds is 3. The van der Waals surface area contributed by atoms with Gasteiger partial charge in [0.1, 0.15) is 17.0 Å². The molecular weight excluding hydrogens is 324 g/mol. The molecule has 1 aromatic heterocycles.